The molecule has 0 saturated carbocycles. The monoisotopic (exact) mass is 392 g/mol. The molecular formula is C23H28N4O2. The minimum absolute atomic E-state index is 0.0571. The first kappa shape index (κ1) is 19.5. The van der Waals surface area contributed by atoms with Gasteiger partial charge in [-0.3, -0.25) is 4.79 Å². The van der Waals surface area contributed by atoms with Gasteiger partial charge in [-0.05, 0) is 36.2 Å². The predicted molar refractivity (Wildman–Crippen MR) is 115 cm³/mol. The molecule has 0 N–H and O–H groups in total. The minimum Gasteiger partial charge on any atom is -0.378 e. The van der Waals surface area contributed by atoms with Gasteiger partial charge in [-0.2, -0.15) is 0 Å². The number of morpholine rings is 1. The molecule has 2 aromatic heterocycles. The lowest BCUT2D eigenvalue weighted by Gasteiger charge is -2.28. The van der Waals surface area contributed by atoms with E-state index >= 15 is 0 Å². The standard InChI is InChI=1S/C23H28N4O2/c1-17-5-4-10-27-21(16-24-23(17)27)20(15-22(28)26-11-13-29-14-12-26)18-6-8-19(9-7-18)25(2)3/h4-10,16,20H,11-15H2,1-3H3/t20-/m0/s1. The smallest absolute Gasteiger partial charge is 0.223 e. The molecule has 1 aliphatic heterocycles. The van der Waals surface area contributed by atoms with E-state index in [0.717, 1.165) is 28.2 Å². The Bertz CT molecular complexity index is 988. The van der Waals surface area contributed by atoms with Gasteiger partial charge in [-0.1, -0.05) is 18.2 Å². The SMILES string of the molecule is Cc1cccn2c([C@@H](CC(=O)N3CCOCC3)c3ccc(N(C)C)cc3)cnc12. The zero-order valence-corrected chi connectivity index (χ0v) is 17.3. The average Bonchev–Trinajstić information content (AvgIpc) is 3.18. The van der Waals surface area contributed by atoms with Crippen molar-refractivity contribution in [1.82, 2.24) is 14.3 Å². The molecule has 3 aromatic rings. The number of rotatable bonds is 5. The Morgan fingerprint density at radius 3 is 2.59 bits per heavy atom. The van der Waals surface area contributed by atoms with E-state index in [1.54, 1.807) is 0 Å². The number of ether oxygens (including phenoxy) is 1. The minimum atomic E-state index is -0.0571. The number of benzene rings is 1. The molecule has 1 fully saturated rings. The lowest BCUT2D eigenvalue weighted by atomic mass is 9.91. The molecule has 29 heavy (non-hydrogen) atoms. The first-order valence-electron chi connectivity index (χ1n) is 10.1. The van der Waals surface area contributed by atoms with E-state index in [2.05, 4.69) is 51.5 Å². The summed E-state index contributed by atoms with van der Waals surface area (Å²) in [6.07, 6.45) is 4.37. The van der Waals surface area contributed by atoms with E-state index in [9.17, 15) is 4.79 Å². The summed E-state index contributed by atoms with van der Waals surface area (Å²) in [4.78, 5) is 21.7. The number of hydrogen-bond donors (Lipinski definition) is 0. The fourth-order valence-electron chi connectivity index (χ4n) is 3.94. The number of pyridine rings is 1. The van der Waals surface area contributed by atoms with Gasteiger partial charge in [0.15, 0.2) is 0 Å². The third-order valence-corrected chi connectivity index (χ3v) is 5.67. The second-order valence-electron chi connectivity index (χ2n) is 7.80. The third-order valence-electron chi connectivity index (χ3n) is 5.67. The largest absolute Gasteiger partial charge is 0.378 e. The summed E-state index contributed by atoms with van der Waals surface area (Å²) >= 11 is 0. The van der Waals surface area contributed by atoms with Crippen LogP contribution >= 0.6 is 0 Å². The zero-order valence-electron chi connectivity index (χ0n) is 17.3. The van der Waals surface area contributed by atoms with Crippen molar-refractivity contribution in [3.63, 3.8) is 0 Å². The van der Waals surface area contributed by atoms with Crippen molar-refractivity contribution in [3.8, 4) is 0 Å². The van der Waals surface area contributed by atoms with Crippen LogP contribution in [0.1, 0.15) is 29.2 Å². The Kier molecular flexibility index (Phi) is 5.53. The van der Waals surface area contributed by atoms with Crippen LogP contribution in [0.2, 0.25) is 0 Å². The molecule has 1 saturated heterocycles. The van der Waals surface area contributed by atoms with Crippen molar-refractivity contribution in [2.75, 3.05) is 45.3 Å². The average molecular weight is 393 g/mol. The Hall–Kier alpha value is -2.86. The molecule has 3 heterocycles. The van der Waals surface area contributed by atoms with E-state index in [1.165, 1.54) is 0 Å². The summed E-state index contributed by atoms with van der Waals surface area (Å²) < 4.78 is 7.52. The lowest BCUT2D eigenvalue weighted by molar-refractivity contribution is -0.135. The molecule has 1 amide bonds. The van der Waals surface area contributed by atoms with Crippen LogP contribution in [-0.4, -0.2) is 60.6 Å². The van der Waals surface area contributed by atoms with Crippen LogP contribution < -0.4 is 4.90 Å². The van der Waals surface area contributed by atoms with Crippen molar-refractivity contribution in [3.05, 3.63) is 65.6 Å². The van der Waals surface area contributed by atoms with Gasteiger partial charge in [0.1, 0.15) is 5.65 Å². The lowest BCUT2D eigenvalue weighted by Crippen LogP contribution is -2.41. The maximum absolute atomic E-state index is 13.1. The maximum atomic E-state index is 13.1. The van der Waals surface area contributed by atoms with Crippen molar-refractivity contribution >= 4 is 17.2 Å². The first-order valence-corrected chi connectivity index (χ1v) is 10.1. The van der Waals surface area contributed by atoms with Gasteiger partial charge in [0.05, 0.1) is 18.9 Å². The Balaban J connectivity index is 1.71. The molecule has 1 aliphatic rings. The summed E-state index contributed by atoms with van der Waals surface area (Å²) in [5.74, 6) is 0.107. The highest BCUT2D eigenvalue weighted by Crippen LogP contribution is 2.31. The van der Waals surface area contributed by atoms with Crippen LogP contribution in [0, 0.1) is 6.92 Å². The van der Waals surface area contributed by atoms with Crippen molar-refractivity contribution in [2.24, 2.45) is 0 Å². The second-order valence-corrected chi connectivity index (χ2v) is 7.80. The van der Waals surface area contributed by atoms with Gasteiger partial charge >= 0.3 is 0 Å². The summed E-state index contributed by atoms with van der Waals surface area (Å²) in [6, 6.07) is 12.6. The van der Waals surface area contributed by atoms with Gasteiger partial charge in [0, 0.05) is 57.6 Å². The van der Waals surface area contributed by atoms with Crippen molar-refractivity contribution in [1.29, 1.82) is 0 Å². The molecule has 6 nitrogen and oxygen atoms in total. The normalized spacial score (nSPS) is 15.5. The van der Waals surface area contributed by atoms with Crippen LogP contribution in [0.4, 0.5) is 5.69 Å². The highest BCUT2D eigenvalue weighted by molar-refractivity contribution is 5.78. The molecule has 1 atom stereocenters. The Labute approximate surface area is 171 Å². The molecule has 0 bridgehead atoms. The van der Waals surface area contributed by atoms with Gasteiger partial charge in [-0.15, -0.1) is 0 Å². The maximum Gasteiger partial charge on any atom is 0.223 e. The topological polar surface area (TPSA) is 50.1 Å². The summed E-state index contributed by atoms with van der Waals surface area (Å²) in [5, 5.41) is 0. The molecule has 0 radical (unpaired) electrons. The number of carbonyl (C=O) groups is 1. The van der Waals surface area contributed by atoms with Crippen LogP contribution in [0.25, 0.3) is 5.65 Å². The van der Waals surface area contributed by atoms with Crippen LogP contribution in [0.3, 0.4) is 0 Å². The fraction of sp³-hybridized carbons (Fsp3) is 0.391. The van der Waals surface area contributed by atoms with Crippen LogP contribution in [0.15, 0.2) is 48.8 Å². The Morgan fingerprint density at radius 2 is 1.90 bits per heavy atom. The number of amides is 1. The first-order chi connectivity index (χ1) is 14.0. The molecule has 6 heteroatoms. The molecule has 0 aliphatic carbocycles. The highest BCUT2D eigenvalue weighted by Gasteiger charge is 2.26. The summed E-state index contributed by atoms with van der Waals surface area (Å²) in [6.45, 7) is 4.62. The number of nitrogens with zero attached hydrogens (tertiary/aromatic N) is 4. The number of hydrogen-bond acceptors (Lipinski definition) is 4. The van der Waals surface area contributed by atoms with Gasteiger partial charge in [-0.25, -0.2) is 4.98 Å². The Morgan fingerprint density at radius 1 is 1.17 bits per heavy atom. The van der Waals surface area contributed by atoms with E-state index < -0.39 is 0 Å². The van der Waals surface area contributed by atoms with Crippen LogP contribution in [0.5, 0.6) is 0 Å². The zero-order chi connectivity index (χ0) is 20.4. The summed E-state index contributed by atoms with van der Waals surface area (Å²) in [5.41, 5.74) is 5.38. The number of imidazole rings is 1. The van der Waals surface area contributed by atoms with Crippen molar-refractivity contribution in [2.45, 2.75) is 19.3 Å². The van der Waals surface area contributed by atoms with Crippen LogP contribution in [-0.2, 0) is 9.53 Å². The number of aromatic nitrogens is 2. The number of fused-ring (bicyclic) bond motifs is 1. The second kappa shape index (κ2) is 8.25. The van der Waals surface area contributed by atoms with Gasteiger partial charge < -0.3 is 18.9 Å². The molecule has 0 spiro atoms. The van der Waals surface area contributed by atoms with E-state index in [1.807, 2.05) is 37.5 Å². The fourth-order valence-corrected chi connectivity index (χ4v) is 3.94. The number of aryl methyl sites for hydroxylation is 1. The quantitative estimate of drug-likeness (QED) is 0.670. The molecule has 4 rings (SSSR count). The van der Waals surface area contributed by atoms with Gasteiger partial charge in [0.25, 0.3) is 0 Å². The van der Waals surface area contributed by atoms with Crippen molar-refractivity contribution < 1.29 is 9.53 Å². The van der Waals surface area contributed by atoms with E-state index in [4.69, 9.17) is 4.74 Å². The molecule has 152 valence electrons. The van der Waals surface area contributed by atoms with Gasteiger partial charge in [0.2, 0.25) is 5.91 Å². The van der Waals surface area contributed by atoms with E-state index in [0.29, 0.717) is 32.7 Å². The highest BCUT2D eigenvalue weighted by atomic mass is 16.5. The third kappa shape index (κ3) is 3.98. The molecule has 0 unspecified atom stereocenters. The molecule has 1 aromatic carbocycles. The number of anilines is 1. The summed E-state index contributed by atoms with van der Waals surface area (Å²) in [7, 11) is 4.06. The molecular weight excluding hydrogens is 364 g/mol. The predicted octanol–water partition coefficient (Wildman–Crippen LogP) is 3.09. The van der Waals surface area contributed by atoms with E-state index in [-0.39, 0.29) is 11.8 Å². The number of carbonyl (C=O) groups excluding carboxylic acids is 1.